The van der Waals surface area contributed by atoms with Gasteiger partial charge in [0.2, 0.25) is 5.55 Å². The highest BCUT2D eigenvalue weighted by molar-refractivity contribution is 5.97. The van der Waals surface area contributed by atoms with Crippen molar-refractivity contribution >= 4 is 22.6 Å². The Morgan fingerprint density at radius 1 is 1.21 bits per heavy atom. The Bertz CT molecular complexity index is 1200. The normalized spacial score (nSPS) is 16.7. The Hall–Kier alpha value is -3.53. The average Bonchev–Trinajstić information content (AvgIpc) is 3.30. The SMILES string of the molecule is COc1cccc2cc(C(=O)NC[C@@H]3CCCO3)c(=Nc3ccc(OC(F)(F)F)cc3)oc12. The molecule has 33 heavy (non-hydrogen) atoms. The van der Waals surface area contributed by atoms with Crippen molar-refractivity contribution in [3.63, 3.8) is 0 Å². The van der Waals surface area contributed by atoms with E-state index in [1.807, 2.05) is 0 Å². The molecule has 1 aromatic heterocycles. The van der Waals surface area contributed by atoms with E-state index >= 15 is 0 Å². The van der Waals surface area contributed by atoms with Gasteiger partial charge in [0.15, 0.2) is 11.3 Å². The molecule has 1 fully saturated rings. The number of rotatable bonds is 6. The molecule has 0 radical (unpaired) electrons. The molecule has 10 heteroatoms. The smallest absolute Gasteiger partial charge is 0.493 e. The summed E-state index contributed by atoms with van der Waals surface area (Å²) in [5.41, 5.74) is 0.813. The van der Waals surface area contributed by atoms with Gasteiger partial charge in [-0.3, -0.25) is 4.79 Å². The van der Waals surface area contributed by atoms with E-state index in [4.69, 9.17) is 13.9 Å². The highest BCUT2D eigenvalue weighted by atomic mass is 19.4. The van der Waals surface area contributed by atoms with Crippen LogP contribution < -0.4 is 20.3 Å². The molecule has 0 bridgehead atoms. The molecule has 0 unspecified atom stereocenters. The lowest BCUT2D eigenvalue weighted by Gasteiger charge is -2.12. The number of nitrogens with zero attached hydrogens (tertiary/aromatic N) is 1. The fraction of sp³-hybridized carbons (Fsp3) is 0.304. The van der Waals surface area contributed by atoms with Crippen LogP contribution in [0.3, 0.4) is 0 Å². The minimum absolute atomic E-state index is 0.0127. The number of benzene rings is 2. The first-order chi connectivity index (χ1) is 15.8. The Morgan fingerprint density at radius 3 is 2.67 bits per heavy atom. The molecule has 0 aliphatic carbocycles. The summed E-state index contributed by atoms with van der Waals surface area (Å²) < 4.78 is 57.9. The van der Waals surface area contributed by atoms with E-state index in [9.17, 15) is 18.0 Å². The maximum Gasteiger partial charge on any atom is 0.573 e. The van der Waals surface area contributed by atoms with Crippen molar-refractivity contribution in [1.82, 2.24) is 5.32 Å². The lowest BCUT2D eigenvalue weighted by atomic mass is 10.1. The first kappa shape index (κ1) is 22.7. The maximum atomic E-state index is 13.0. The number of ether oxygens (including phenoxy) is 3. The number of alkyl halides is 3. The maximum absolute atomic E-state index is 13.0. The largest absolute Gasteiger partial charge is 0.573 e. The van der Waals surface area contributed by atoms with Gasteiger partial charge < -0.3 is 23.9 Å². The number of nitrogens with one attached hydrogen (secondary N) is 1. The lowest BCUT2D eigenvalue weighted by Crippen LogP contribution is -2.34. The number of para-hydroxylation sites is 1. The van der Waals surface area contributed by atoms with Crippen molar-refractivity contribution in [2.75, 3.05) is 20.3 Å². The zero-order chi connectivity index (χ0) is 23.4. The standard InChI is InChI=1S/C23H21F3N2O5/c1-30-19-6-2-4-14-12-18(21(29)27-13-17-5-3-11-31-17)22(32-20(14)19)28-15-7-9-16(10-8-15)33-23(24,25)26/h2,4,6-10,12,17H,3,5,11,13H2,1H3,(H,27,29)/t17-/m0/s1. The van der Waals surface area contributed by atoms with Crippen LogP contribution in [0.5, 0.6) is 11.5 Å². The summed E-state index contributed by atoms with van der Waals surface area (Å²) in [6.45, 7) is 1.01. The quantitative estimate of drug-likeness (QED) is 0.584. The van der Waals surface area contributed by atoms with Gasteiger partial charge in [0, 0.05) is 18.5 Å². The monoisotopic (exact) mass is 462 g/mol. The summed E-state index contributed by atoms with van der Waals surface area (Å²) in [5, 5.41) is 3.46. The van der Waals surface area contributed by atoms with Gasteiger partial charge in [-0.25, -0.2) is 4.99 Å². The molecule has 4 rings (SSSR count). The number of carbonyl (C=O) groups is 1. The second kappa shape index (κ2) is 9.53. The number of carbonyl (C=O) groups excluding carboxylic acids is 1. The van der Waals surface area contributed by atoms with Crippen molar-refractivity contribution in [2.24, 2.45) is 4.99 Å². The summed E-state index contributed by atoms with van der Waals surface area (Å²) in [4.78, 5) is 17.3. The van der Waals surface area contributed by atoms with Gasteiger partial charge in [-0.05, 0) is 49.2 Å². The van der Waals surface area contributed by atoms with E-state index in [1.165, 1.54) is 19.2 Å². The summed E-state index contributed by atoms with van der Waals surface area (Å²) in [7, 11) is 1.49. The zero-order valence-electron chi connectivity index (χ0n) is 17.6. The summed E-state index contributed by atoms with van der Waals surface area (Å²) >= 11 is 0. The number of halogens is 3. The van der Waals surface area contributed by atoms with Crippen molar-refractivity contribution in [3.05, 3.63) is 59.6 Å². The molecular weight excluding hydrogens is 441 g/mol. The third-order valence-electron chi connectivity index (χ3n) is 5.02. The fourth-order valence-electron chi connectivity index (χ4n) is 3.48. The number of amides is 1. The molecule has 2 aromatic carbocycles. The van der Waals surface area contributed by atoms with E-state index in [-0.39, 0.29) is 28.7 Å². The van der Waals surface area contributed by atoms with Crippen LogP contribution in [0.25, 0.3) is 11.0 Å². The Labute approximate surface area is 186 Å². The molecule has 1 aliphatic rings. The highest BCUT2D eigenvalue weighted by Gasteiger charge is 2.31. The van der Waals surface area contributed by atoms with Gasteiger partial charge in [0.1, 0.15) is 11.3 Å². The molecule has 174 valence electrons. The van der Waals surface area contributed by atoms with Crippen LogP contribution in [0, 0.1) is 0 Å². The van der Waals surface area contributed by atoms with E-state index in [0.29, 0.717) is 29.9 Å². The van der Waals surface area contributed by atoms with Crippen LogP contribution in [0.4, 0.5) is 18.9 Å². The molecule has 2 heterocycles. The van der Waals surface area contributed by atoms with E-state index in [0.717, 1.165) is 25.0 Å². The van der Waals surface area contributed by atoms with Crippen LogP contribution in [0.15, 0.2) is 57.9 Å². The molecule has 0 saturated carbocycles. The predicted octanol–water partition coefficient (Wildman–Crippen LogP) is 4.48. The lowest BCUT2D eigenvalue weighted by molar-refractivity contribution is -0.274. The Kier molecular flexibility index (Phi) is 6.55. The first-order valence-corrected chi connectivity index (χ1v) is 10.2. The molecule has 7 nitrogen and oxygen atoms in total. The van der Waals surface area contributed by atoms with Gasteiger partial charge in [-0.2, -0.15) is 0 Å². The molecule has 0 spiro atoms. The number of fused-ring (bicyclic) bond motifs is 1. The summed E-state index contributed by atoms with van der Waals surface area (Å²) in [6, 6.07) is 11.8. The van der Waals surface area contributed by atoms with Crippen LogP contribution in [-0.2, 0) is 4.74 Å². The Balaban J connectivity index is 1.72. The number of methoxy groups -OCH3 is 1. The van der Waals surface area contributed by atoms with Crippen molar-refractivity contribution in [3.8, 4) is 11.5 Å². The zero-order valence-corrected chi connectivity index (χ0v) is 17.6. The Morgan fingerprint density at radius 2 is 2.00 bits per heavy atom. The fourth-order valence-corrected chi connectivity index (χ4v) is 3.48. The van der Waals surface area contributed by atoms with Gasteiger partial charge in [0.05, 0.1) is 18.9 Å². The van der Waals surface area contributed by atoms with Crippen molar-refractivity contribution < 1.29 is 36.6 Å². The summed E-state index contributed by atoms with van der Waals surface area (Å²) in [5.74, 6) is -0.341. The molecule has 1 amide bonds. The average molecular weight is 462 g/mol. The molecule has 1 saturated heterocycles. The van der Waals surface area contributed by atoms with Gasteiger partial charge >= 0.3 is 6.36 Å². The minimum Gasteiger partial charge on any atom is -0.493 e. The molecule has 1 atom stereocenters. The second-order valence-electron chi connectivity index (χ2n) is 7.34. The third kappa shape index (κ3) is 5.64. The molecule has 1 aliphatic heterocycles. The second-order valence-corrected chi connectivity index (χ2v) is 7.34. The van der Waals surface area contributed by atoms with Crippen LogP contribution in [-0.4, -0.2) is 38.6 Å². The topological polar surface area (TPSA) is 82.3 Å². The van der Waals surface area contributed by atoms with Crippen LogP contribution >= 0.6 is 0 Å². The predicted molar refractivity (Wildman–Crippen MR) is 112 cm³/mol. The third-order valence-corrected chi connectivity index (χ3v) is 5.02. The first-order valence-electron chi connectivity index (χ1n) is 10.2. The minimum atomic E-state index is -4.79. The van der Waals surface area contributed by atoms with Crippen LogP contribution in [0.1, 0.15) is 23.2 Å². The van der Waals surface area contributed by atoms with E-state index < -0.39 is 12.3 Å². The molecule has 1 N–H and O–H groups in total. The van der Waals surface area contributed by atoms with Crippen molar-refractivity contribution in [1.29, 1.82) is 0 Å². The van der Waals surface area contributed by atoms with Crippen molar-refractivity contribution in [2.45, 2.75) is 25.3 Å². The van der Waals surface area contributed by atoms with Crippen LogP contribution in [0.2, 0.25) is 0 Å². The number of hydrogen-bond acceptors (Lipinski definition) is 6. The van der Waals surface area contributed by atoms with E-state index in [2.05, 4.69) is 15.0 Å². The number of hydrogen-bond donors (Lipinski definition) is 1. The van der Waals surface area contributed by atoms with Gasteiger partial charge in [-0.1, -0.05) is 12.1 Å². The summed E-state index contributed by atoms with van der Waals surface area (Å²) in [6.07, 6.45) is -3.03. The molecule has 3 aromatic rings. The highest BCUT2D eigenvalue weighted by Crippen LogP contribution is 2.26. The van der Waals surface area contributed by atoms with Gasteiger partial charge in [-0.15, -0.1) is 13.2 Å². The van der Waals surface area contributed by atoms with Gasteiger partial charge in [0.25, 0.3) is 5.91 Å². The van der Waals surface area contributed by atoms with E-state index in [1.54, 1.807) is 24.3 Å². The molecular formula is C23H21F3N2O5.